The predicted octanol–water partition coefficient (Wildman–Crippen LogP) is 3.46. The number of aromatic nitrogens is 2. The van der Waals surface area contributed by atoms with E-state index in [2.05, 4.69) is 20.6 Å². The SMILES string of the molecule is CCNc1nc(Nc2cc(C)c(C(=O)N3CCOCC3)cc2OC)ncc1C(F)(F)F. The normalized spacial score (nSPS) is 14.3. The zero-order chi connectivity index (χ0) is 22.6. The molecule has 2 aromatic rings. The number of halogens is 3. The first-order chi connectivity index (χ1) is 14.7. The molecule has 1 aliphatic heterocycles. The van der Waals surface area contributed by atoms with Crippen LogP contribution in [0.15, 0.2) is 18.3 Å². The van der Waals surface area contributed by atoms with Gasteiger partial charge in [0.1, 0.15) is 17.1 Å². The summed E-state index contributed by atoms with van der Waals surface area (Å²) in [5.41, 5.74) is 0.639. The Morgan fingerprint density at radius 1 is 1.29 bits per heavy atom. The largest absolute Gasteiger partial charge is 0.495 e. The molecule has 1 aromatic heterocycles. The number of anilines is 3. The molecule has 0 unspecified atom stereocenters. The minimum Gasteiger partial charge on any atom is -0.495 e. The Balaban J connectivity index is 1.90. The number of amides is 1. The van der Waals surface area contributed by atoms with Crippen molar-refractivity contribution in [1.82, 2.24) is 14.9 Å². The summed E-state index contributed by atoms with van der Waals surface area (Å²) >= 11 is 0. The maximum Gasteiger partial charge on any atom is 0.421 e. The van der Waals surface area contributed by atoms with E-state index < -0.39 is 11.7 Å². The van der Waals surface area contributed by atoms with Crippen molar-refractivity contribution in [2.24, 2.45) is 0 Å². The zero-order valence-electron chi connectivity index (χ0n) is 17.5. The van der Waals surface area contributed by atoms with E-state index in [-0.39, 0.29) is 24.2 Å². The minimum atomic E-state index is -4.58. The average Bonchev–Trinajstić information content (AvgIpc) is 2.74. The molecule has 1 aromatic carbocycles. The van der Waals surface area contributed by atoms with Gasteiger partial charge in [-0.1, -0.05) is 0 Å². The van der Waals surface area contributed by atoms with Crippen molar-refractivity contribution in [3.63, 3.8) is 0 Å². The fourth-order valence-electron chi connectivity index (χ4n) is 3.19. The molecule has 1 aliphatic rings. The van der Waals surface area contributed by atoms with Crippen molar-refractivity contribution in [2.45, 2.75) is 20.0 Å². The van der Waals surface area contributed by atoms with Crippen LogP contribution in [0, 0.1) is 6.92 Å². The number of carbonyl (C=O) groups excluding carboxylic acids is 1. The number of aryl methyl sites for hydroxylation is 1. The lowest BCUT2D eigenvalue weighted by Gasteiger charge is -2.27. The number of morpholine rings is 1. The maximum absolute atomic E-state index is 13.2. The summed E-state index contributed by atoms with van der Waals surface area (Å²) in [4.78, 5) is 22.3. The molecule has 168 valence electrons. The van der Waals surface area contributed by atoms with Crippen molar-refractivity contribution in [3.05, 3.63) is 35.0 Å². The van der Waals surface area contributed by atoms with Crippen LogP contribution in [0.4, 0.5) is 30.6 Å². The highest BCUT2D eigenvalue weighted by Crippen LogP contribution is 2.35. The average molecular weight is 439 g/mol. The molecule has 2 heterocycles. The van der Waals surface area contributed by atoms with Crippen molar-refractivity contribution in [3.8, 4) is 5.75 Å². The van der Waals surface area contributed by atoms with Crippen LogP contribution in [-0.4, -0.2) is 60.7 Å². The number of nitrogens with one attached hydrogen (secondary N) is 2. The Labute approximate surface area is 177 Å². The van der Waals surface area contributed by atoms with E-state index in [1.165, 1.54) is 7.11 Å². The number of hydrogen-bond donors (Lipinski definition) is 2. The molecule has 11 heteroatoms. The Bertz CT molecular complexity index is 946. The highest BCUT2D eigenvalue weighted by atomic mass is 19.4. The molecule has 3 rings (SSSR count). The van der Waals surface area contributed by atoms with E-state index in [0.29, 0.717) is 48.9 Å². The number of rotatable bonds is 6. The second kappa shape index (κ2) is 9.38. The van der Waals surface area contributed by atoms with E-state index in [4.69, 9.17) is 9.47 Å². The molecule has 8 nitrogen and oxygen atoms in total. The summed E-state index contributed by atoms with van der Waals surface area (Å²) in [5.74, 6) is -0.141. The molecule has 0 radical (unpaired) electrons. The van der Waals surface area contributed by atoms with Gasteiger partial charge in [0.15, 0.2) is 0 Å². The molecule has 0 aliphatic carbocycles. The molecule has 0 bridgehead atoms. The van der Waals surface area contributed by atoms with Gasteiger partial charge in [-0.15, -0.1) is 0 Å². The van der Waals surface area contributed by atoms with E-state index in [1.54, 1.807) is 30.9 Å². The highest BCUT2D eigenvalue weighted by molar-refractivity contribution is 5.97. The van der Waals surface area contributed by atoms with E-state index in [1.807, 2.05) is 0 Å². The Kier molecular flexibility index (Phi) is 6.84. The van der Waals surface area contributed by atoms with Gasteiger partial charge in [-0.3, -0.25) is 4.79 Å². The summed E-state index contributed by atoms with van der Waals surface area (Å²) in [5, 5.41) is 5.49. The van der Waals surface area contributed by atoms with Gasteiger partial charge in [-0.2, -0.15) is 18.2 Å². The second-order valence-electron chi connectivity index (χ2n) is 6.88. The molecule has 1 fully saturated rings. The Morgan fingerprint density at radius 2 is 2.00 bits per heavy atom. The van der Waals surface area contributed by atoms with Gasteiger partial charge >= 0.3 is 6.18 Å². The van der Waals surface area contributed by atoms with Crippen LogP contribution in [0.5, 0.6) is 5.75 Å². The third-order valence-corrected chi connectivity index (χ3v) is 4.76. The topological polar surface area (TPSA) is 88.6 Å². The predicted molar refractivity (Wildman–Crippen MR) is 109 cm³/mol. The monoisotopic (exact) mass is 439 g/mol. The first kappa shape index (κ1) is 22.6. The molecule has 0 spiro atoms. The Morgan fingerprint density at radius 3 is 2.61 bits per heavy atom. The van der Waals surface area contributed by atoms with Crippen LogP contribution in [0.25, 0.3) is 0 Å². The summed E-state index contributed by atoms with van der Waals surface area (Å²) < 4.78 is 50.2. The highest BCUT2D eigenvalue weighted by Gasteiger charge is 2.35. The van der Waals surface area contributed by atoms with Gasteiger partial charge in [-0.05, 0) is 31.5 Å². The second-order valence-corrected chi connectivity index (χ2v) is 6.88. The van der Waals surface area contributed by atoms with Gasteiger partial charge in [0.05, 0.1) is 26.0 Å². The molecule has 1 amide bonds. The van der Waals surface area contributed by atoms with Crippen LogP contribution >= 0.6 is 0 Å². The van der Waals surface area contributed by atoms with E-state index >= 15 is 0 Å². The minimum absolute atomic E-state index is 0.0334. The third-order valence-electron chi connectivity index (χ3n) is 4.76. The first-order valence-corrected chi connectivity index (χ1v) is 9.75. The van der Waals surface area contributed by atoms with E-state index in [0.717, 1.165) is 6.20 Å². The number of methoxy groups -OCH3 is 1. The fourth-order valence-corrected chi connectivity index (χ4v) is 3.19. The van der Waals surface area contributed by atoms with Crippen LogP contribution in [0.1, 0.15) is 28.4 Å². The number of benzene rings is 1. The number of ether oxygens (including phenoxy) is 2. The van der Waals surface area contributed by atoms with E-state index in [9.17, 15) is 18.0 Å². The molecular formula is C20H24F3N5O3. The van der Waals surface area contributed by atoms with Crippen molar-refractivity contribution in [2.75, 3.05) is 50.6 Å². The van der Waals surface area contributed by atoms with Gasteiger partial charge in [0, 0.05) is 31.4 Å². The maximum atomic E-state index is 13.2. The van der Waals surface area contributed by atoms with Gasteiger partial charge < -0.3 is 25.0 Å². The van der Waals surface area contributed by atoms with Crippen molar-refractivity contribution >= 4 is 23.4 Å². The molecule has 0 saturated carbocycles. The van der Waals surface area contributed by atoms with Crippen LogP contribution in [0.3, 0.4) is 0 Å². The lowest BCUT2D eigenvalue weighted by atomic mass is 10.1. The van der Waals surface area contributed by atoms with Crippen molar-refractivity contribution < 1.29 is 27.4 Å². The third kappa shape index (κ3) is 5.16. The quantitative estimate of drug-likeness (QED) is 0.713. The fraction of sp³-hybridized carbons (Fsp3) is 0.450. The summed E-state index contributed by atoms with van der Waals surface area (Å²) in [7, 11) is 1.44. The summed E-state index contributed by atoms with van der Waals surface area (Å²) in [6, 6.07) is 3.28. The van der Waals surface area contributed by atoms with Crippen LogP contribution in [0.2, 0.25) is 0 Å². The first-order valence-electron chi connectivity index (χ1n) is 9.75. The van der Waals surface area contributed by atoms with Crippen LogP contribution in [-0.2, 0) is 10.9 Å². The van der Waals surface area contributed by atoms with Gasteiger partial charge in [0.25, 0.3) is 5.91 Å². The summed E-state index contributed by atoms with van der Waals surface area (Å²) in [6.07, 6.45) is -3.85. The van der Waals surface area contributed by atoms with Crippen LogP contribution < -0.4 is 15.4 Å². The summed E-state index contributed by atoms with van der Waals surface area (Å²) in [6.45, 7) is 5.70. The zero-order valence-corrected chi connectivity index (χ0v) is 17.5. The number of nitrogens with zero attached hydrogens (tertiary/aromatic N) is 3. The lowest BCUT2D eigenvalue weighted by molar-refractivity contribution is -0.137. The molecule has 1 saturated heterocycles. The molecule has 31 heavy (non-hydrogen) atoms. The lowest BCUT2D eigenvalue weighted by Crippen LogP contribution is -2.40. The van der Waals surface area contributed by atoms with Crippen molar-refractivity contribution in [1.29, 1.82) is 0 Å². The van der Waals surface area contributed by atoms with Gasteiger partial charge in [0.2, 0.25) is 5.95 Å². The molecular weight excluding hydrogens is 415 g/mol. The molecule has 0 atom stereocenters. The number of hydrogen-bond acceptors (Lipinski definition) is 7. The smallest absolute Gasteiger partial charge is 0.421 e. The Hall–Kier alpha value is -3.08. The number of carbonyl (C=O) groups is 1. The molecule has 2 N–H and O–H groups in total. The van der Waals surface area contributed by atoms with Gasteiger partial charge in [-0.25, -0.2) is 4.98 Å². The standard InChI is InChI=1S/C20H24F3N5O3/c1-4-24-17-14(20(21,22)23)11-25-19(27-17)26-15-9-12(2)13(10-16(15)30-3)18(29)28-5-7-31-8-6-28/h9-11H,4-8H2,1-3H3,(H2,24,25,26,27). The number of alkyl halides is 3.